The van der Waals surface area contributed by atoms with Gasteiger partial charge in [-0.25, -0.2) is 9.59 Å². The second-order valence-corrected chi connectivity index (χ2v) is 4.68. The molecule has 0 radical (unpaired) electrons. The number of ether oxygens (including phenoxy) is 2. The Hall–Kier alpha value is -2.60. The summed E-state index contributed by atoms with van der Waals surface area (Å²) in [4.78, 5) is 21.0. The summed E-state index contributed by atoms with van der Waals surface area (Å²) < 4.78 is 9.45. The minimum atomic E-state index is -0.401. The fourth-order valence-corrected chi connectivity index (χ4v) is 1.43. The standard InChI is InChI=1S/C10H15NO2.C8H11NO2/c1-2-10(12)13-9-7-5-3-4-6-8-11;1-2-8(10)11-7-5-3-4-6-9/h2H,1,3-7,9H2;2H,1,3-5,7H2. The molecule has 0 saturated carbocycles. The Balaban J connectivity index is 0. The van der Waals surface area contributed by atoms with Crippen LogP contribution in [0.1, 0.15) is 51.4 Å². The Labute approximate surface area is 144 Å². The minimum Gasteiger partial charge on any atom is -0.463 e. The monoisotopic (exact) mass is 334 g/mol. The van der Waals surface area contributed by atoms with Crippen LogP contribution in [-0.4, -0.2) is 25.2 Å². The maximum absolute atomic E-state index is 10.6. The summed E-state index contributed by atoms with van der Waals surface area (Å²) in [6, 6.07) is 4.10. The van der Waals surface area contributed by atoms with Crippen LogP contribution in [0.2, 0.25) is 0 Å². The van der Waals surface area contributed by atoms with E-state index in [1.165, 1.54) is 0 Å². The Kier molecular flexibility index (Phi) is 20.1. The molecule has 0 rings (SSSR count). The molecule has 0 amide bonds. The van der Waals surface area contributed by atoms with Crippen LogP contribution in [0.4, 0.5) is 0 Å². The summed E-state index contributed by atoms with van der Waals surface area (Å²) in [7, 11) is 0. The highest BCUT2D eigenvalue weighted by Crippen LogP contribution is 2.02. The van der Waals surface area contributed by atoms with Crippen molar-refractivity contribution in [2.75, 3.05) is 13.2 Å². The topological polar surface area (TPSA) is 100 Å². The van der Waals surface area contributed by atoms with E-state index in [1.54, 1.807) is 0 Å². The lowest BCUT2D eigenvalue weighted by Crippen LogP contribution is -2.01. The van der Waals surface area contributed by atoms with Gasteiger partial charge in [-0.2, -0.15) is 10.5 Å². The largest absolute Gasteiger partial charge is 0.463 e. The Bertz CT molecular complexity index is 447. The van der Waals surface area contributed by atoms with Gasteiger partial charge in [-0.1, -0.05) is 26.0 Å². The molecule has 132 valence electrons. The molecule has 24 heavy (non-hydrogen) atoms. The number of nitriles is 2. The normalized spacial score (nSPS) is 8.58. The van der Waals surface area contributed by atoms with Crippen molar-refractivity contribution in [3.05, 3.63) is 25.3 Å². The van der Waals surface area contributed by atoms with Crippen LogP contribution in [0.5, 0.6) is 0 Å². The second kappa shape index (κ2) is 20.4. The SMILES string of the molecule is C=CC(=O)OCCCCC#N.C=CC(=O)OCCCCCCC#N. The van der Waals surface area contributed by atoms with Crippen molar-refractivity contribution in [2.45, 2.75) is 51.4 Å². The molecule has 0 saturated heterocycles. The van der Waals surface area contributed by atoms with E-state index in [1.807, 2.05) is 6.07 Å². The van der Waals surface area contributed by atoms with Crippen molar-refractivity contribution >= 4 is 11.9 Å². The van der Waals surface area contributed by atoms with Gasteiger partial charge in [0.15, 0.2) is 0 Å². The van der Waals surface area contributed by atoms with E-state index >= 15 is 0 Å². The van der Waals surface area contributed by atoms with Crippen LogP contribution >= 0.6 is 0 Å². The fourth-order valence-electron chi connectivity index (χ4n) is 1.43. The van der Waals surface area contributed by atoms with Gasteiger partial charge in [-0.3, -0.25) is 0 Å². The molecular formula is C18H26N2O4. The number of unbranched alkanes of at least 4 members (excludes halogenated alkanes) is 6. The molecule has 0 heterocycles. The number of hydrogen-bond donors (Lipinski definition) is 0. The smallest absolute Gasteiger partial charge is 0.330 e. The van der Waals surface area contributed by atoms with E-state index in [0.717, 1.165) is 50.7 Å². The molecule has 6 heteroatoms. The lowest BCUT2D eigenvalue weighted by Gasteiger charge is -2.00. The Morgan fingerprint density at radius 3 is 1.54 bits per heavy atom. The Morgan fingerprint density at radius 1 is 0.750 bits per heavy atom. The van der Waals surface area contributed by atoms with Gasteiger partial charge in [0.25, 0.3) is 0 Å². The number of nitrogens with zero attached hydrogens (tertiary/aromatic N) is 2. The summed E-state index contributed by atoms with van der Waals surface area (Å²) in [5, 5.41) is 16.4. The molecule has 0 aliphatic heterocycles. The first-order chi connectivity index (χ1) is 11.6. The van der Waals surface area contributed by atoms with Crippen molar-refractivity contribution in [2.24, 2.45) is 0 Å². The van der Waals surface area contributed by atoms with E-state index in [9.17, 15) is 9.59 Å². The van der Waals surface area contributed by atoms with Gasteiger partial charge in [0, 0.05) is 25.0 Å². The van der Waals surface area contributed by atoms with E-state index in [4.69, 9.17) is 15.3 Å². The summed E-state index contributed by atoms with van der Waals surface area (Å²) in [5.74, 6) is -0.765. The molecule has 0 atom stereocenters. The molecule has 0 N–H and O–H groups in total. The summed E-state index contributed by atoms with van der Waals surface area (Å²) in [6.07, 6.45) is 8.79. The maximum atomic E-state index is 10.6. The first kappa shape index (κ1) is 23.7. The third-order valence-corrected chi connectivity index (χ3v) is 2.69. The van der Waals surface area contributed by atoms with E-state index in [2.05, 4.69) is 24.0 Å². The van der Waals surface area contributed by atoms with Gasteiger partial charge in [0.2, 0.25) is 0 Å². The van der Waals surface area contributed by atoms with Crippen molar-refractivity contribution in [3.63, 3.8) is 0 Å². The van der Waals surface area contributed by atoms with Gasteiger partial charge >= 0.3 is 11.9 Å². The lowest BCUT2D eigenvalue weighted by molar-refractivity contribution is -0.138. The maximum Gasteiger partial charge on any atom is 0.330 e. The first-order valence-corrected chi connectivity index (χ1v) is 7.94. The van der Waals surface area contributed by atoms with Gasteiger partial charge in [0.05, 0.1) is 25.4 Å². The third kappa shape index (κ3) is 21.7. The predicted octanol–water partition coefficient (Wildman–Crippen LogP) is 3.60. The minimum absolute atomic E-state index is 0.364. The molecule has 0 aromatic heterocycles. The number of esters is 2. The number of hydrogen-bond acceptors (Lipinski definition) is 6. The lowest BCUT2D eigenvalue weighted by atomic mass is 10.2. The van der Waals surface area contributed by atoms with Crippen LogP contribution in [-0.2, 0) is 19.1 Å². The molecule has 0 aliphatic carbocycles. The predicted molar refractivity (Wildman–Crippen MR) is 90.5 cm³/mol. The van der Waals surface area contributed by atoms with Crippen molar-refractivity contribution in [1.82, 2.24) is 0 Å². The molecule has 0 aromatic carbocycles. The van der Waals surface area contributed by atoms with Gasteiger partial charge < -0.3 is 9.47 Å². The van der Waals surface area contributed by atoms with Crippen molar-refractivity contribution < 1.29 is 19.1 Å². The molecule has 0 unspecified atom stereocenters. The van der Waals surface area contributed by atoms with Crippen LogP contribution in [0.15, 0.2) is 25.3 Å². The van der Waals surface area contributed by atoms with E-state index in [0.29, 0.717) is 26.1 Å². The zero-order valence-corrected chi connectivity index (χ0v) is 14.2. The number of rotatable bonds is 12. The number of carbonyl (C=O) groups is 2. The molecule has 0 aromatic rings. The Morgan fingerprint density at radius 2 is 1.12 bits per heavy atom. The zero-order chi connectivity index (χ0) is 18.5. The first-order valence-electron chi connectivity index (χ1n) is 7.94. The zero-order valence-electron chi connectivity index (χ0n) is 14.2. The average Bonchev–Trinajstić information content (AvgIpc) is 2.60. The highest BCUT2D eigenvalue weighted by Gasteiger charge is 1.95. The average molecular weight is 334 g/mol. The van der Waals surface area contributed by atoms with E-state index in [-0.39, 0.29) is 5.97 Å². The van der Waals surface area contributed by atoms with E-state index < -0.39 is 5.97 Å². The van der Waals surface area contributed by atoms with Gasteiger partial charge in [-0.05, 0) is 25.7 Å². The highest BCUT2D eigenvalue weighted by molar-refractivity contribution is 5.81. The highest BCUT2D eigenvalue weighted by atomic mass is 16.5. The molecule has 0 bridgehead atoms. The van der Waals surface area contributed by atoms with Crippen molar-refractivity contribution in [1.29, 1.82) is 10.5 Å². The van der Waals surface area contributed by atoms with Gasteiger partial charge in [0.1, 0.15) is 0 Å². The quantitative estimate of drug-likeness (QED) is 0.307. The number of carbonyl (C=O) groups excluding carboxylic acids is 2. The van der Waals surface area contributed by atoms with Crippen LogP contribution in [0.3, 0.4) is 0 Å². The van der Waals surface area contributed by atoms with Gasteiger partial charge in [-0.15, -0.1) is 0 Å². The molecule has 0 aliphatic rings. The van der Waals surface area contributed by atoms with Crippen LogP contribution in [0, 0.1) is 22.7 Å². The van der Waals surface area contributed by atoms with Crippen LogP contribution in [0.25, 0.3) is 0 Å². The third-order valence-electron chi connectivity index (χ3n) is 2.69. The summed E-state index contributed by atoms with van der Waals surface area (Å²) >= 11 is 0. The fraction of sp³-hybridized carbons (Fsp3) is 0.556. The molecule has 0 fully saturated rings. The molecule has 6 nitrogen and oxygen atoms in total. The van der Waals surface area contributed by atoms with Crippen LogP contribution < -0.4 is 0 Å². The van der Waals surface area contributed by atoms with Crippen molar-refractivity contribution in [3.8, 4) is 12.1 Å². The molecular weight excluding hydrogens is 308 g/mol. The molecule has 0 spiro atoms. The summed E-state index contributed by atoms with van der Waals surface area (Å²) in [6.45, 7) is 7.38. The second-order valence-electron chi connectivity index (χ2n) is 4.68. The summed E-state index contributed by atoms with van der Waals surface area (Å²) in [5.41, 5.74) is 0.